The van der Waals surface area contributed by atoms with Crippen LogP contribution in [0.3, 0.4) is 0 Å². The molecule has 1 aromatic carbocycles. The molecule has 0 spiro atoms. The van der Waals surface area contributed by atoms with Gasteiger partial charge in [0.1, 0.15) is 0 Å². The zero-order valence-electron chi connectivity index (χ0n) is 13.3. The minimum absolute atomic E-state index is 0.0373. The Balaban J connectivity index is 2.40. The molecule has 4 nitrogen and oxygen atoms in total. The summed E-state index contributed by atoms with van der Waals surface area (Å²) in [5.41, 5.74) is 1.24. The van der Waals surface area contributed by atoms with Gasteiger partial charge < -0.3 is 15.4 Å². The van der Waals surface area contributed by atoms with Crippen LogP contribution < -0.4 is 10.6 Å². The van der Waals surface area contributed by atoms with Crippen molar-refractivity contribution in [3.8, 4) is 0 Å². The van der Waals surface area contributed by atoms with E-state index in [-0.39, 0.29) is 11.9 Å². The van der Waals surface area contributed by atoms with Crippen molar-refractivity contribution in [1.82, 2.24) is 10.6 Å². The molecule has 0 aliphatic heterocycles. The van der Waals surface area contributed by atoms with Crippen molar-refractivity contribution in [3.05, 3.63) is 29.8 Å². The number of nitrogens with one attached hydrogen (secondary N) is 2. The molecule has 0 aromatic heterocycles. The maximum absolute atomic E-state index is 11.8. The fourth-order valence-corrected chi connectivity index (χ4v) is 2.61. The van der Waals surface area contributed by atoms with E-state index < -0.39 is 0 Å². The molecule has 0 radical (unpaired) electrons. The van der Waals surface area contributed by atoms with Gasteiger partial charge >= 0.3 is 0 Å². The van der Waals surface area contributed by atoms with E-state index in [1.54, 1.807) is 18.9 Å². The van der Waals surface area contributed by atoms with Gasteiger partial charge in [-0.3, -0.25) is 4.79 Å². The number of amides is 1. The Bertz CT molecular complexity index is 438. The second-order valence-electron chi connectivity index (χ2n) is 5.40. The van der Waals surface area contributed by atoms with Gasteiger partial charge in [-0.2, -0.15) is 0 Å². The number of rotatable bonds is 9. The first kappa shape index (κ1) is 18.0. The SMILES string of the molecule is COCC(C)NC(=O)CSc1cccc(CNC(C)C)c1. The highest BCUT2D eigenvalue weighted by molar-refractivity contribution is 8.00. The molecule has 2 N–H and O–H groups in total. The lowest BCUT2D eigenvalue weighted by atomic mass is 10.2. The molecule has 0 aliphatic rings. The molecule has 0 bridgehead atoms. The van der Waals surface area contributed by atoms with Gasteiger partial charge in [0, 0.05) is 30.6 Å². The van der Waals surface area contributed by atoms with Gasteiger partial charge in [0.15, 0.2) is 0 Å². The Labute approximate surface area is 132 Å². The van der Waals surface area contributed by atoms with Gasteiger partial charge in [0.05, 0.1) is 12.4 Å². The molecule has 0 heterocycles. The van der Waals surface area contributed by atoms with Gasteiger partial charge in [0.2, 0.25) is 5.91 Å². The van der Waals surface area contributed by atoms with E-state index in [2.05, 4.69) is 36.6 Å². The average Bonchev–Trinajstić information content (AvgIpc) is 2.43. The average molecular weight is 310 g/mol. The van der Waals surface area contributed by atoms with E-state index in [1.165, 1.54) is 5.56 Å². The zero-order chi connectivity index (χ0) is 15.7. The van der Waals surface area contributed by atoms with E-state index in [0.29, 0.717) is 18.4 Å². The van der Waals surface area contributed by atoms with Gasteiger partial charge in [0.25, 0.3) is 0 Å². The van der Waals surface area contributed by atoms with Crippen LogP contribution in [0.15, 0.2) is 29.2 Å². The number of hydrogen-bond acceptors (Lipinski definition) is 4. The minimum atomic E-state index is 0.0373. The summed E-state index contributed by atoms with van der Waals surface area (Å²) in [6.45, 7) is 7.58. The number of carbonyl (C=O) groups is 1. The predicted octanol–water partition coefficient (Wildman–Crippen LogP) is 2.43. The van der Waals surface area contributed by atoms with Crippen LogP contribution in [0.1, 0.15) is 26.3 Å². The Morgan fingerprint density at radius 2 is 2.10 bits per heavy atom. The van der Waals surface area contributed by atoms with E-state index in [0.717, 1.165) is 11.4 Å². The van der Waals surface area contributed by atoms with E-state index in [1.807, 2.05) is 19.1 Å². The van der Waals surface area contributed by atoms with Crippen LogP contribution >= 0.6 is 11.8 Å². The smallest absolute Gasteiger partial charge is 0.230 e. The summed E-state index contributed by atoms with van der Waals surface area (Å²) in [5, 5.41) is 6.30. The predicted molar refractivity (Wildman–Crippen MR) is 88.6 cm³/mol. The number of thioether (sulfide) groups is 1. The van der Waals surface area contributed by atoms with E-state index in [4.69, 9.17) is 4.74 Å². The summed E-state index contributed by atoms with van der Waals surface area (Å²) in [6.07, 6.45) is 0. The molecule has 21 heavy (non-hydrogen) atoms. The van der Waals surface area contributed by atoms with Crippen LogP contribution in [-0.4, -0.2) is 37.5 Å². The maximum atomic E-state index is 11.8. The Kier molecular flexibility index (Phi) is 8.42. The molecular weight excluding hydrogens is 284 g/mol. The molecule has 5 heteroatoms. The lowest BCUT2D eigenvalue weighted by molar-refractivity contribution is -0.119. The third-order valence-electron chi connectivity index (χ3n) is 2.81. The summed E-state index contributed by atoms with van der Waals surface area (Å²) in [4.78, 5) is 12.9. The maximum Gasteiger partial charge on any atom is 0.230 e. The molecule has 1 amide bonds. The fraction of sp³-hybridized carbons (Fsp3) is 0.562. The van der Waals surface area contributed by atoms with Crippen molar-refractivity contribution in [1.29, 1.82) is 0 Å². The molecule has 0 saturated heterocycles. The molecule has 1 unspecified atom stereocenters. The Morgan fingerprint density at radius 3 is 2.76 bits per heavy atom. The van der Waals surface area contributed by atoms with E-state index in [9.17, 15) is 4.79 Å². The summed E-state index contributed by atoms with van der Waals surface area (Å²) in [7, 11) is 1.63. The van der Waals surface area contributed by atoms with Crippen LogP contribution in [0.5, 0.6) is 0 Å². The standard InChI is InChI=1S/C16H26N2O2S/c1-12(2)17-9-14-6-5-7-15(8-14)21-11-16(19)18-13(3)10-20-4/h5-8,12-13,17H,9-11H2,1-4H3,(H,18,19). The summed E-state index contributed by atoms with van der Waals surface area (Å²) in [5.74, 6) is 0.463. The third kappa shape index (κ3) is 8.09. The quantitative estimate of drug-likeness (QED) is 0.688. The van der Waals surface area contributed by atoms with Gasteiger partial charge in [-0.05, 0) is 24.6 Å². The highest BCUT2D eigenvalue weighted by Gasteiger charge is 2.07. The van der Waals surface area contributed by atoms with Crippen molar-refractivity contribution < 1.29 is 9.53 Å². The topological polar surface area (TPSA) is 50.4 Å². The molecule has 0 aliphatic carbocycles. The van der Waals surface area contributed by atoms with Crippen LogP contribution in [0.25, 0.3) is 0 Å². The van der Waals surface area contributed by atoms with Crippen molar-refractivity contribution in [3.63, 3.8) is 0 Å². The molecule has 1 aromatic rings. The minimum Gasteiger partial charge on any atom is -0.383 e. The molecule has 0 fully saturated rings. The third-order valence-corrected chi connectivity index (χ3v) is 3.80. The summed E-state index contributed by atoms with van der Waals surface area (Å²) >= 11 is 1.56. The largest absolute Gasteiger partial charge is 0.383 e. The van der Waals surface area contributed by atoms with Crippen LogP contribution in [0.4, 0.5) is 0 Å². The van der Waals surface area contributed by atoms with Gasteiger partial charge in [-0.1, -0.05) is 26.0 Å². The second-order valence-corrected chi connectivity index (χ2v) is 6.44. The normalized spacial score (nSPS) is 12.4. The van der Waals surface area contributed by atoms with Crippen LogP contribution in [-0.2, 0) is 16.1 Å². The molecule has 118 valence electrons. The van der Waals surface area contributed by atoms with Crippen molar-refractivity contribution >= 4 is 17.7 Å². The van der Waals surface area contributed by atoms with Crippen LogP contribution in [0, 0.1) is 0 Å². The number of carbonyl (C=O) groups excluding carboxylic acids is 1. The molecule has 1 rings (SSSR count). The lowest BCUT2D eigenvalue weighted by Crippen LogP contribution is -2.36. The molecular formula is C16H26N2O2S. The zero-order valence-corrected chi connectivity index (χ0v) is 14.1. The number of methoxy groups -OCH3 is 1. The highest BCUT2D eigenvalue weighted by Crippen LogP contribution is 2.19. The van der Waals surface area contributed by atoms with Crippen molar-refractivity contribution in [2.24, 2.45) is 0 Å². The second kappa shape index (κ2) is 9.82. The Hall–Kier alpha value is -1.04. The van der Waals surface area contributed by atoms with Crippen molar-refractivity contribution in [2.45, 2.75) is 44.3 Å². The van der Waals surface area contributed by atoms with Gasteiger partial charge in [-0.25, -0.2) is 0 Å². The molecule has 1 atom stereocenters. The fourth-order valence-electron chi connectivity index (χ4n) is 1.82. The number of hydrogen-bond donors (Lipinski definition) is 2. The monoisotopic (exact) mass is 310 g/mol. The Morgan fingerprint density at radius 1 is 1.33 bits per heavy atom. The first-order valence-electron chi connectivity index (χ1n) is 7.24. The van der Waals surface area contributed by atoms with Crippen molar-refractivity contribution in [2.75, 3.05) is 19.5 Å². The first-order chi connectivity index (χ1) is 10.0. The molecule has 0 saturated carbocycles. The van der Waals surface area contributed by atoms with E-state index >= 15 is 0 Å². The summed E-state index contributed by atoms with van der Waals surface area (Å²) < 4.78 is 5.00. The number of ether oxygens (including phenoxy) is 1. The first-order valence-corrected chi connectivity index (χ1v) is 8.23. The number of benzene rings is 1. The summed E-state index contributed by atoms with van der Waals surface area (Å²) in [6, 6.07) is 8.81. The van der Waals surface area contributed by atoms with Gasteiger partial charge in [-0.15, -0.1) is 11.8 Å². The lowest BCUT2D eigenvalue weighted by Gasteiger charge is -2.12. The highest BCUT2D eigenvalue weighted by atomic mass is 32.2. The van der Waals surface area contributed by atoms with Crippen LogP contribution in [0.2, 0.25) is 0 Å².